The molecule has 0 N–H and O–H groups in total. The van der Waals surface area contributed by atoms with Crippen LogP contribution in [0.5, 0.6) is 0 Å². The molecule has 0 aliphatic heterocycles. The van der Waals surface area contributed by atoms with Gasteiger partial charge in [0, 0.05) is 9.99 Å². The first-order valence-corrected chi connectivity index (χ1v) is 5.81. The lowest BCUT2D eigenvalue weighted by Gasteiger charge is -2.03. The second kappa shape index (κ2) is 6.05. The van der Waals surface area contributed by atoms with Crippen LogP contribution in [0.3, 0.4) is 0 Å². The molecule has 0 aliphatic rings. The van der Waals surface area contributed by atoms with Crippen LogP contribution in [0.25, 0.3) is 0 Å². The van der Waals surface area contributed by atoms with Crippen LogP contribution in [0.2, 0.25) is 0 Å². The number of aryl methyl sites for hydroxylation is 1. The monoisotopic (exact) mass is 322 g/mol. The summed E-state index contributed by atoms with van der Waals surface area (Å²) in [4.78, 5) is 11.0. The van der Waals surface area contributed by atoms with Crippen LogP contribution in [0.1, 0.15) is 18.9 Å². The third-order valence-corrected chi connectivity index (χ3v) is 2.59. The predicted molar refractivity (Wildman–Crippen MR) is 64.1 cm³/mol. The predicted octanol–water partition coefficient (Wildman–Crippen LogP) is 2.93. The van der Waals surface area contributed by atoms with Crippen molar-refractivity contribution in [1.82, 2.24) is 0 Å². The topological polar surface area (TPSA) is 26.3 Å². The molecule has 0 unspecified atom stereocenters. The van der Waals surface area contributed by atoms with Gasteiger partial charge in [0.1, 0.15) is 5.82 Å². The molecule has 0 fully saturated rings. The first kappa shape index (κ1) is 12.4. The fraction of sp³-hybridized carbons (Fsp3) is 0.364. The Morgan fingerprint density at radius 2 is 2.27 bits per heavy atom. The molecule has 1 rings (SSSR count). The Morgan fingerprint density at radius 1 is 1.53 bits per heavy atom. The Hall–Kier alpha value is -0.650. The van der Waals surface area contributed by atoms with Gasteiger partial charge in [0.15, 0.2) is 0 Å². The largest absolute Gasteiger partial charge is 0.466 e. The highest BCUT2D eigenvalue weighted by atomic mass is 127. The third-order valence-electron chi connectivity index (χ3n) is 1.92. The van der Waals surface area contributed by atoms with Gasteiger partial charge in [-0.05, 0) is 53.6 Å². The van der Waals surface area contributed by atoms with Gasteiger partial charge in [-0.15, -0.1) is 0 Å². The molecule has 1 aromatic carbocycles. The summed E-state index contributed by atoms with van der Waals surface area (Å²) in [6, 6.07) is 4.99. The van der Waals surface area contributed by atoms with Crippen molar-refractivity contribution in [2.24, 2.45) is 0 Å². The maximum absolute atomic E-state index is 13.3. The molecular weight excluding hydrogens is 310 g/mol. The fourth-order valence-electron chi connectivity index (χ4n) is 1.19. The average Bonchev–Trinajstić information content (AvgIpc) is 2.17. The van der Waals surface area contributed by atoms with E-state index in [1.807, 2.05) is 28.7 Å². The molecule has 1 aromatic rings. The minimum Gasteiger partial charge on any atom is -0.466 e. The summed E-state index contributed by atoms with van der Waals surface area (Å²) < 4.78 is 18.9. The van der Waals surface area contributed by atoms with Gasteiger partial charge < -0.3 is 4.74 Å². The molecule has 0 saturated carbocycles. The van der Waals surface area contributed by atoms with E-state index in [-0.39, 0.29) is 18.2 Å². The first-order chi connectivity index (χ1) is 7.13. The Labute approximate surface area is 102 Å². The molecule has 0 heterocycles. The number of hydrogen-bond donors (Lipinski definition) is 0. The molecule has 0 amide bonds. The van der Waals surface area contributed by atoms with Crippen LogP contribution in [-0.2, 0) is 16.0 Å². The van der Waals surface area contributed by atoms with Crippen molar-refractivity contribution in [3.8, 4) is 0 Å². The number of carbonyl (C=O) groups excluding carboxylic acids is 1. The second-order valence-corrected chi connectivity index (χ2v) is 4.29. The fourth-order valence-corrected chi connectivity index (χ4v) is 1.65. The Bertz CT molecular complexity index is 352. The molecule has 2 nitrogen and oxygen atoms in total. The van der Waals surface area contributed by atoms with Gasteiger partial charge in [-0.1, -0.05) is 6.07 Å². The zero-order valence-corrected chi connectivity index (χ0v) is 10.6. The maximum atomic E-state index is 13.3. The molecule has 0 spiro atoms. The number of halogens is 2. The zero-order valence-electron chi connectivity index (χ0n) is 8.43. The standard InChI is InChI=1S/C11H12FIO2/c1-2-15-11(14)6-4-8-3-5-9(13)7-10(8)12/h3,5,7H,2,4,6H2,1H3. The molecule has 0 aromatic heterocycles. The number of ether oxygens (including phenoxy) is 1. The lowest BCUT2D eigenvalue weighted by molar-refractivity contribution is -0.143. The molecule has 0 radical (unpaired) electrons. The van der Waals surface area contributed by atoms with Crippen molar-refractivity contribution in [3.05, 3.63) is 33.1 Å². The van der Waals surface area contributed by atoms with E-state index in [4.69, 9.17) is 4.74 Å². The van der Waals surface area contributed by atoms with Crippen LogP contribution >= 0.6 is 22.6 Å². The highest BCUT2D eigenvalue weighted by molar-refractivity contribution is 14.1. The highest BCUT2D eigenvalue weighted by Crippen LogP contribution is 2.14. The van der Waals surface area contributed by atoms with Gasteiger partial charge in [0.05, 0.1) is 6.61 Å². The number of benzene rings is 1. The summed E-state index contributed by atoms with van der Waals surface area (Å²) in [7, 11) is 0. The third kappa shape index (κ3) is 4.15. The number of rotatable bonds is 4. The van der Waals surface area contributed by atoms with Crippen LogP contribution < -0.4 is 0 Å². The van der Waals surface area contributed by atoms with Crippen molar-refractivity contribution < 1.29 is 13.9 Å². The van der Waals surface area contributed by atoms with E-state index < -0.39 is 0 Å². The smallest absolute Gasteiger partial charge is 0.306 e. The molecule has 0 aliphatic carbocycles. The number of carbonyl (C=O) groups is 1. The van der Waals surface area contributed by atoms with E-state index in [0.29, 0.717) is 18.6 Å². The van der Waals surface area contributed by atoms with Crippen LogP contribution in [0, 0.1) is 9.39 Å². The average molecular weight is 322 g/mol. The second-order valence-electron chi connectivity index (χ2n) is 3.04. The molecule has 0 saturated heterocycles. The minimum atomic E-state index is -0.282. The molecule has 0 atom stereocenters. The van der Waals surface area contributed by atoms with Crippen molar-refractivity contribution in [1.29, 1.82) is 0 Å². The molecule has 0 bridgehead atoms. The normalized spacial score (nSPS) is 10.1. The van der Waals surface area contributed by atoms with E-state index in [1.165, 1.54) is 6.07 Å². The molecule has 15 heavy (non-hydrogen) atoms. The number of hydrogen-bond acceptors (Lipinski definition) is 2. The first-order valence-electron chi connectivity index (χ1n) is 4.73. The summed E-state index contributed by atoms with van der Waals surface area (Å²) in [5, 5.41) is 0. The molecular formula is C11H12FIO2. The summed E-state index contributed by atoms with van der Waals surface area (Å²) in [5.41, 5.74) is 0.559. The Morgan fingerprint density at radius 3 is 2.87 bits per heavy atom. The van der Waals surface area contributed by atoms with Gasteiger partial charge in [0.25, 0.3) is 0 Å². The highest BCUT2D eigenvalue weighted by Gasteiger charge is 2.06. The summed E-state index contributed by atoms with van der Waals surface area (Å²) >= 11 is 2.05. The lowest BCUT2D eigenvalue weighted by Crippen LogP contribution is -2.05. The van der Waals surface area contributed by atoms with E-state index in [1.54, 1.807) is 13.0 Å². The lowest BCUT2D eigenvalue weighted by atomic mass is 10.1. The van der Waals surface area contributed by atoms with E-state index >= 15 is 0 Å². The van der Waals surface area contributed by atoms with Crippen LogP contribution in [0.4, 0.5) is 4.39 Å². The summed E-state index contributed by atoms with van der Waals surface area (Å²) in [5.74, 6) is -0.540. The van der Waals surface area contributed by atoms with Crippen molar-refractivity contribution in [2.45, 2.75) is 19.8 Å². The SMILES string of the molecule is CCOC(=O)CCc1ccc(I)cc1F. The van der Waals surface area contributed by atoms with Gasteiger partial charge in [-0.3, -0.25) is 4.79 Å². The van der Waals surface area contributed by atoms with Gasteiger partial charge >= 0.3 is 5.97 Å². The summed E-state index contributed by atoms with van der Waals surface area (Å²) in [6.45, 7) is 2.12. The van der Waals surface area contributed by atoms with Crippen molar-refractivity contribution in [2.75, 3.05) is 6.61 Å². The minimum absolute atomic E-state index is 0.228. The molecule has 4 heteroatoms. The van der Waals surface area contributed by atoms with Gasteiger partial charge in [-0.2, -0.15) is 0 Å². The Balaban J connectivity index is 2.54. The van der Waals surface area contributed by atoms with E-state index in [9.17, 15) is 9.18 Å². The number of esters is 1. The van der Waals surface area contributed by atoms with E-state index in [2.05, 4.69) is 0 Å². The van der Waals surface area contributed by atoms with Crippen molar-refractivity contribution in [3.63, 3.8) is 0 Å². The summed E-state index contributed by atoms with van der Waals surface area (Å²) in [6.07, 6.45) is 0.618. The Kier molecular flexibility index (Phi) is 5.01. The van der Waals surface area contributed by atoms with Crippen LogP contribution in [-0.4, -0.2) is 12.6 Å². The quantitative estimate of drug-likeness (QED) is 0.629. The van der Waals surface area contributed by atoms with Crippen molar-refractivity contribution >= 4 is 28.6 Å². The molecule has 82 valence electrons. The van der Waals surface area contributed by atoms with Gasteiger partial charge in [0.2, 0.25) is 0 Å². The van der Waals surface area contributed by atoms with Crippen LogP contribution in [0.15, 0.2) is 18.2 Å². The van der Waals surface area contributed by atoms with Gasteiger partial charge in [-0.25, -0.2) is 4.39 Å². The van der Waals surface area contributed by atoms with E-state index in [0.717, 1.165) is 3.57 Å². The zero-order chi connectivity index (χ0) is 11.3. The maximum Gasteiger partial charge on any atom is 0.306 e.